The van der Waals surface area contributed by atoms with E-state index in [1.165, 1.54) is 5.57 Å². The van der Waals surface area contributed by atoms with E-state index in [2.05, 4.69) is 46.2 Å². The molecule has 0 saturated carbocycles. The highest BCUT2D eigenvalue weighted by molar-refractivity contribution is 6.02. The number of imidazole rings is 1. The first-order chi connectivity index (χ1) is 13.1. The van der Waals surface area contributed by atoms with Crippen molar-refractivity contribution in [3.05, 3.63) is 47.6 Å². The molecule has 1 saturated heterocycles. The monoisotopic (exact) mass is 366 g/mol. The van der Waals surface area contributed by atoms with Crippen LogP contribution in [0.4, 0.5) is 0 Å². The number of ether oxygens (including phenoxy) is 1. The number of aromatic nitrogens is 2. The van der Waals surface area contributed by atoms with Gasteiger partial charge in [-0.1, -0.05) is 11.2 Å². The van der Waals surface area contributed by atoms with Crippen LogP contribution in [0.25, 0.3) is 11.8 Å². The average Bonchev–Trinajstić information content (AvgIpc) is 3.01. The number of fused-ring (bicyclic) bond motifs is 1. The molecule has 2 aliphatic rings. The lowest BCUT2D eigenvalue weighted by molar-refractivity contribution is 0.0719. The number of hydrogen-bond acceptors (Lipinski definition) is 5. The van der Waals surface area contributed by atoms with Gasteiger partial charge in [-0.05, 0) is 56.0 Å². The number of piperidine rings is 1. The molecule has 1 aromatic heterocycles. The second kappa shape index (κ2) is 7.47. The summed E-state index contributed by atoms with van der Waals surface area (Å²) in [5.41, 5.74) is 4.29. The molecule has 1 fully saturated rings. The van der Waals surface area contributed by atoms with Crippen molar-refractivity contribution < 1.29 is 9.57 Å². The topological polar surface area (TPSA) is 51.9 Å². The number of amidine groups is 1. The molecule has 3 heterocycles. The molecule has 0 amide bonds. The van der Waals surface area contributed by atoms with Crippen LogP contribution in [0.3, 0.4) is 0 Å². The Hall–Kier alpha value is -2.76. The fourth-order valence-electron chi connectivity index (χ4n) is 3.63. The van der Waals surface area contributed by atoms with Crippen molar-refractivity contribution in [1.82, 2.24) is 14.5 Å². The first-order valence-electron chi connectivity index (χ1n) is 9.53. The number of methoxy groups -OCH3 is 1. The highest BCUT2D eigenvalue weighted by Crippen LogP contribution is 2.28. The molecule has 0 spiro atoms. The van der Waals surface area contributed by atoms with Gasteiger partial charge in [-0.25, -0.2) is 4.98 Å². The quantitative estimate of drug-likeness (QED) is 0.829. The van der Waals surface area contributed by atoms with Gasteiger partial charge < -0.3 is 19.0 Å². The summed E-state index contributed by atoms with van der Waals surface area (Å²) in [6.07, 6.45) is 9.34. The lowest BCUT2D eigenvalue weighted by atomic mass is 9.99. The minimum atomic E-state index is 0.169. The van der Waals surface area contributed by atoms with E-state index in [0.717, 1.165) is 60.9 Å². The van der Waals surface area contributed by atoms with E-state index in [1.807, 2.05) is 24.0 Å². The molecule has 4 rings (SSSR count). The maximum Gasteiger partial charge on any atom is 0.171 e. The van der Waals surface area contributed by atoms with Gasteiger partial charge in [0.1, 0.15) is 11.9 Å². The van der Waals surface area contributed by atoms with Crippen LogP contribution < -0.4 is 4.74 Å². The Kier molecular flexibility index (Phi) is 4.88. The standard InChI is InChI=1S/C21H26N4O2/c1-15-13-25(14-22-15)19-7-6-17(12-20(19)26-3)11-18-5-4-9-24-10-8-16(2)27-23-21(18)24/h6-7,11-14,16H,4-5,8-10H2,1-3H3/b18-11+. The van der Waals surface area contributed by atoms with Crippen molar-refractivity contribution >= 4 is 11.9 Å². The Balaban J connectivity index is 1.66. The second-order valence-corrected chi connectivity index (χ2v) is 7.23. The summed E-state index contributed by atoms with van der Waals surface area (Å²) in [5.74, 6) is 1.81. The number of hydrogen-bond donors (Lipinski definition) is 0. The average molecular weight is 366 g/mol. The zero-order chi connectivity index (χ0) is 18.8. The lowest BCUT2D eigenvalue weighted by Crippen LogP contribution is -2.37. The molecule has 27 heavy (non-hydrogen) atoms. The molecular weight excluding hydrogens is 340 g/mol. The van der Waals surface area contributed by atoms with Crippen molar-refractivity contribution in [2.75, 3.05) is 20.2 Å². The van der Waals surface area contributed by atoms with Gasteiger partial charge in [-0.15, -0.1) is 0 Å². The number of oxime groups is 1. The first kappa shape index (κ1) is 17.6. The zero-order valence-corrected chi connectivity index (χ0v) is 16.2. The van der Waals surface area contributed by atoms with E-state index < -0.39 is 0 Å². The molecule has 1 aromatic carbocycles. The molecule has 0 N–H and O–H groups in total. The summed E-state index contributed by atoms with van der Waals surface area (Å²) in [6.45, 7) is 6.11. The molecule has 6 nitrogen and oxygen atoms in total. The first-order valence-corrected chi connectivity index (χ1v) is 9.53. The predicted octanol–water partition coefficient (Wildman–Crippen LogP) is 3.79. The predicted molar refractivity (Wildman–Crippen MR) is 106 cm³/mol. The summed E-state index contributed by atoms with van der Waals surface area (Å²) < 4.78 is 7.62. The molecule has 0 bridgehead atoms. The molecule has 0 aliphatic carbocycles. The van der Waals surface area contributed by atoms with Gasteiger partial charge in [0, 0.05) is 25.7 Å². The van der Waals surface area contributed by atoms with Crippen LogP contribution >= 0.6 is 0 Å². The van der Waals surface area contributed by atoms with Crippen LogP contribution in [0.5, 0.6) is 5.75 Å². The summed E-state index contributed by atoms with van der Waals surface area (Å²) in [6, 6.07) is 6.25. The summed E-state index contributed by atoms with van der Waals surface area (Å²) >= 11 is 0. The third-order valence-corrected chi connectivity index (χ3v) is 5.12. The second-order valence-electron chi connectivity index (χ2n) is 7.23. The Morgan fingerprint density at radius 2 is 2.19 bits per heavy atom. The van der Waals surface area contributed by atoms with E-state index in [1.54, 1.807) is 7.11 Å². The van der Waals surface area contributed by atoms with Crippen LogP contribution in [-0.4, -0.2) is 46.6 Å². The van der Waals surface area contributed by atoms with Crippen molar-refractivity contribution in [2.24, 2.45) is 5.16 Å². The Bertz CT molecular complexity index is 884. The van der Waals surface area contributed by atoms with Crippen LogP contribution in [0.15, 0.2) is 41.5 Å². The molecule has 2 aliphatic heterocycles. The third-order valence-electron chi connectivity index (χ3n) is 5.12. The van der Waals surface area contributed by atoms with Gasteiger partial charge in [0.05, 0.1) is 24.8 Å². The number of nitrogens with zero attached hydrogens (tertiary/aromatic N) is 4. The maximum atomic E-state index is 5.64. The van der Waals surface area contributed by atoms with E-state index in [4.69, 9.17) is 9.57 Å². The van der Waals surface area contributed by atoms with Crippen molar-refractivity contribution in [1.29, 1.82) is 0 Å². The van der Waals surface area contributed by atoms with E-state index >= 15 is 0 Å². The molecule has 1 unspecified atom stereocenters. The fraction of sp³-hybridized carbons (Fsp3) is 0.429. The zero-order valence-electron chi connectivity index (χ0n) is 16.2. The third kappa shape index (κ3) is 3.70. The molecule has 142 valence electrons. The minimum absolute atomic E-state index is 0.169. The van der Waals surface area contributed by atoms with Gasteiger partial charge in [0.2, 0.25) is 0 Å². The van der Waals surface area contributed by atoms with Crippen molar-refractivity contribution in [3.8, 4) is 11.4 Å². The summed E-state index contributed by atoms with van der Waals surface area (Å²) in [5, 5.41) is 4.44. The van der Waals surface area contributed by atoms with Gasteiger partial charge in [0.15, 0.2) is 5.84 Å². The van der Waals surface area contributed by atoms with E-state index in [9.17, 15) is 0 Å². The molecule has 6 heteroatoms. The summed E-state index contributed by atoms with van der Waals surface area (Å²) in [7, 11) is 1.70. The number of rotatable bonds is 3. The lowest BCUT2D eigenvalue weighted by Gasteiger charge is -2.29. The highest BCUT2D eigenvalue weighted by atomic mass is 16.6. The van der Waals surface area contributed by atoms with Gasteiger partial charge in [-0.3, -0.25) is 0 Å². The molecular formula is C21H26N4O2. The van der Waals surface area contributed by atoms with E-state index in [-0.39, 0.29) is 6.10 Å². The van der Waals surface area contributed by atoms with Crippen LogP contribution in [-0.2, 0) is 4.84 Å². The SMILES string of the molecule is COc1cc(/C=C2\CCCN3CCC(C)ON=C23)ccc1-n1cnc(C)c1. The number of benzene rings is 1. The maximum absolute atomic E-state index is 5.64. The smallest absolute Gasteiger partial charge is 0.171 e. The fourth-order valence-corrected chi connectivity index (χ4v) is 3.63. The van der Waals surface area contributed by atoms with E-state index in [0.29, 0.717) is 0 Å². The number of aryl methyl sites for hydroxylation is 1. The molecule has 0 radical (unpaired) electrons. The van der Waals surface area contributed by atoms with Gasteiger partial charge in [0.25, 0.3) is 0 Å². The van der Waals surface area contributed by atoms with Crippen LogP contribution in [0.2, 0.25) is 0 Å². The van der Waals surface area contributed by atoms with Crippen LogP contribution in [0, 0.1) is 6.92 Å². The Labute approximate surface area is 160 Å². The van der Waals surface area contributed by atoms with Crippen molar-refractivity contribution in [3.63, 3.8) is 0 Å². The normalized spacial score (nSPS) is 21.3. The van der Waals surface area contributed by atoms with Crippen molar-refractivity contribution in [2.45, 2.75) is 39.2 Å². The van der Waals surface area contributed by atoms with Gasteiger partial charge in [-0.2, -0.15) is 0 Å². The summed E-state index contributed by atoms with van der Waals surface area (Å²) in [4.78, 5) is 12.3. The molecule has 2 aromatic rings. The highest BCUT2D eigenvalue weighted by Gasteiger charge is 2.25. The Morgan fingerprint density at radius 1 is 1.30 bits per heavy atom. The van der Waals surface area contributed by atoms with Gasteiger partial charge >= 0.3 is 0 Å². The molecule has 1 atom stereocenters. The largest absolute Gasteiger partial charge is 0.495 e. The minimum Gasteiger partial charge on any atom is -0.495 e. The Morgan fingerprint density at radius 3 is 2.96 bits per heavy atom. The van der Waals surface area contributed by atoms with Crippen LogP contribution in [0.1, 0.15) is 37.4 Å².